The Kier molecular flexibility index (Phi) is 8.62. The van der Waals surface area contributed by atoms with E-state index in [2.05, 4.69) is 5.32 Å². The summed E-state index contributed by atoms with van der Waals surface area (Å²) < 4.78 is 33.3. The second-order valence-electron chi connectivity index (χ2n) is 6.95. The van der Waals surface area contributed by atoms with Gasteiger partial charge in [-0.25, -0.2) is 8.42 Å². The van der Waals surface area contributed by atoms with E-state index in [1.54, 1.807) is 42.5 Å². The van der Waals surface area contributed by atoms with Gasteiger partial charge in [0.2, 0.25) is 15.9 Å². The normalized spacial score (nSPS) is 11.4. The summed E-state index contributed by atoms with van der Waals surface area (Å²) in [5, 5.41) is 3.76. The fourth-order valence-corrected chi connectivity index (χ4v) is 4.86. The Bertz CT molecular complexity index is 1230. The van der Waals surface area contributed by atoms with Crippen molar-refractivity contribution in [3.63, 3.8) is 0 Å². The van der Waals surface area contributed by atoms with Gasteiger partial charge in [0.25, 0.3) is 0 Å². The van der Waals surface area contributed by atoms with E-state index in [1.165, 1.54) is 24.3 Å². The largest absolute Gasteiger partial charge is 0.492 e. The molecule has 3 aromatic carbocycles. The summed E-state index contributed by atoms with van der Waals surface area (Å²) in [6.45, 7) is 1.71. The predicted molar refractivity (Wildman–Crippen MR) is 132 cm³/mol. The summed E-state index contributed by atoms with van der Waals surface area (Å²) in [5.41, 5.74) is 1.02. The number of rotatable bonds is 9. The van der Waals surface area contributed by atoms with Crippen molar-refractivity contribution in [2.24, 2.45) is 0 Å². The lowest BCUT2D eigenvalue weighted by molar-refractivity contribution is -0.116. The van der Waals surface area contributed by atoms with Crippen molar-refractivity contribution in [1.29, 1.82) is 0 Å². The van der Waals surface area contributed by atoms with Crippen molar-refractivity contribution in [1.82, 2.24) is 4.31 Å². The maximum absolute atomic E-state index is 13.4. The highest BCUT2D eigenvalue weighted by molar-refractivity contribution is 7.89. The van der Waals surface area contributed by atoms with Crippen LogP contribution >= 0.6 is 34.8 Å². The van der Waals surface area contributed by atoms with E-state index in [0.29, 0.717) is 33.7 Å². The fraction of sp³-hybridized carbons (Fsp3) is 0.174. The van der Waals surface area contributed by atoms with Crippen LogP contribution in [0.2, 0.25) is 15.1 Å². The molecule has 0 saturated heterocycles. The molecule has 0 radical (unpaired) electrons. The Hall–Kier alpha value is -2.29. The van der Waals surface area contributed by atoms with Crippen LogP contribution in [-0.2, 0) is 21.4 Å². The first kappa shape index (κ1) is 25.3. The molecular weight excluding hydrogens is 507 g/mol. The standard InChI is InChI=1S/C23H21Cl3N2O4S/c1-2-32-22-6-4-3-5-21(22)27-23(29)15-28(14-16-7-12-19(25)20(26)13-16)33(30,31)18-10-8-17(24)9-11-18/h3-13H,2,14-15H2,1H3,(H,27,29). The zero-order valence-corrected chi connectivity index (χ0v) is 20.7. The Morgan fingerprint density at radius 3 is 2.33 bits per heavy atom. The number of halogens is 3. The molecule has 3 aromatic rings. The number of sulfonamides is 1. The zero-order chi connectivity index (χ0) is 24.0. The number of hydrogen-bond acceptors (Lipinski definition) is 4. The van der Waals surface area contributed by atoms with Crippen LogP contribution in [-0.4, -0.2) is 31.8 Å². The van der Waals surface area contributed by atoms with Gasteiger partial charge in [-0.3, -0.25) is 4.79 Å². The van der Waals surface area contributed by atoms with Gasteiger partial charge in [-0.1, -0.05) is 53.0 Å². The van der Waals surface area contributed by atoms with E-state index in [0.717, 1.165) is 4.31 Å². The maximum atomic E-state index is 13.4. The molecule has 33 heavy (non-hydrogen) atoms. The third kappa shape index (κ3) is 6.62. The number of ether oxygens (including phenoxy) is 1. The minimum atomic E-state index is -4.04. The van der Waals surface area contributed by atoms with E-state index < -0.39 is 22.5 Å². The molecule has 1 amide bonds. The topological polar surface area (TPSA) is 75.7 Å². The molecule has 1 N–H and O–H groups in total. The lowest BCUT2D eigenvalue weighted by atomic mass is 10.2. The molecule has 3 rings (SSSR count). The van der Waals surface area contributed by atoms with Crippen molar-refractivity contribution in [3.8, 4) is 5.75 Å². The maximum Gasteiger partial charge on any atom is 0.243 e. The van der Waals surface area contributed by atoms with E-state index in [1.807, 2.05) is 6.92 Å². The number of nitrogens with zero attached hydrogens (tertiary/aromatic N) is 1. The number of carbonyl (C=O) groups is 1. The average molecular weight is 528 g/mol. The van der Waals surface area contributed by atoms with Gasteiger partial charge in [0.15, 0.2) is 0 Å². The number of carbonyl (C=O) groups excluding carboxylic acids is 1. The lowest BCUT2D eigenvalue weighted by Crippen LogP contribution is -2.37. The molecule has 0 unspecified atom stereocenters. The molecular formula is C23H21Cl3N2O4S. The monoisotopic (exact) mass is 526 g/mol. The van der Waals surface area contributed by atoms with E-state index >= 15 is 0 Å². The molecule has 0 aromatic heterocycles. The quantitative estimate of drug-likeness (QED) is 0.377. The third-order valence-corrected chi connectivity index (χ3v) is 7.37. The summed E-state index contributed by atoms with van der Waals surface area (Å²) in [4.78, 5) is 12.9. The van der Waals surface area contributed by atoms with Crippen molar-refractivity contribution < 1.29 is 17.9 Å². The van der Waals surface area contributed by atoms with Crippen LogP contribution in [0.25, 0.3) is 0 Å². The van der Waals surface area contributed by atoms with Gasteiger partial charge in [0.1, 0.15) is 5.75 Å². The Labute approximate surface area is 208 Å². The highest BCUT2D eigenvalue weighted by Gasteiger charge is 2.27. The van der Waals surface area contributed by atoms with Crippen molar-refractivity contribution in [3.05, 3.63) is 87.4 Å². The van der Waals surface area contributed by atoms with Crippen molar-refractivity contribution in [2.75, 3.05) is 18.5 Å². The first-order valence-corrected chi connectivity index (χ1v) is 12.5. The highest BCUT2D eigenvalue weighted by Crippen LogP contribution is 2.27. The number of amides is 1. The van der Waals surface area contributed by atoms with Gasteiger partial charge in [-0.15, -0.1) is 0 Å². The second kappa shape index (κ2) is 11.2. The smallest absolute Gasteiger partial charge is 0.243 e. The number of hydrogen-bond donors (Lipinski definition) is 1. The Morgan fingerprint density at radius 2 is 1.67 bits per heavy atom. The molecule has 0 aliphatic rings. The van der Waals surface area contributed by atoms with Gasteiger partial charge in [-0.05, 0) is 61.0 Å². The van der Waals surface area contributed by atoms with Gasteiger partial charge in [0, 0.05) is 11.6 Å². The minimum Gasteiger partial charge on any atom is -0.492 e. The molecule has 174 valence electrons. The van der Waals surface area contributed by atoms with Gasteiger partial charge < -0.3 is 10.1 Å². The first-order chi connectivity index (χ1) is 15.7. The summed E-state index contributed by atoms with van der Waals surface area (Å²) in [6.07, 6.45) is 0. The Balaban J connectivity index is 1.90. The SMILES string of the molecule is CCOc1ccccc1NC(=O)CN(Cc1ccc(Cl)c(Cl)c1)S(=O)(=O)c1ccc(Cl)cc1. The molecule has 0 aliphatic carbocycles. The molecule has 0 spiro atoms. The molecule has 0 saturated carbocycles. The number of nitrogens with one attached hydrogen (secondary N) is 1. The van der Waals surface area contributed by atoms with Crippen LogP contribution in [0, 0.1) is 0 Å². The van der Waals surface area contributed by atoms with Crippen LogP contribution in [0.3, 0.4) is 0 Å². The Morgan fingerprint density at radius 1 is 0.970 bits per heavy atom. The number of benzene rings is 3. The fourth-order valence-electron chi connectivity index (χ4n) is 3.02. The molecule has 10 heteroatoms. The number of anilines is 1. The highest BCUT2D eigenvalue weighted by atomic mass is 35.5. The average Bonchev–Trinajstić information content (AvgIpc) is 2.77. The van der Waals surface area contributed by atoms with Gasteiger partial charge in [0.05, 0.1) is 33.8 Å². The molecule has 0 bridgehead atoms. The van der Waals surface area contributed by atoms with E-state index in [4.69, 9.17) is 39.5 Å². The van der Waals surface area contributed by atoms with Gasteiger partial charge in [-0.2, -0.15) is 4.31 Å². The van der Waals surface area contributed by atoms with Crippen LogP contribution in [0.15, 0.2) is 71.6 Å². The third-order valence-electron chi connectivity index (χ3n) is 4.58. The zero-order valence-electron chi connectivity index (χ0n) is 17.6. The summed E-state index contributed by atoms with van der Waals surface area (Å²) in [7, 11) is -4.04. The molecule has 6 nitrogen and oxygen atoms in total. The summed E-state index contributed by atoms with van der Waals surface area (Å²) in [6, 6.07) is 17.5. The van der Waals surface area contributed by atoms with Crippen molar-refractivity contribution in [2.45, 2.75) is 18.4 Å². The van der Waals surface area contributed by atoms with E-state index in [9.17, 15) is 13.2 Å². The van der Waals surface area contributed by atoms with Crippen molar-refractivity contribution >= 4 is 56.4 Å². The second-order valence-corrected chi connectivity index (χ2v) is 10.1. The summed E-state index contributed by atoms with van der Waals surface area (Å²) >= 11 is 18.0. The van der Waals surface area contributed by atoms with Crippen LogP contribution < -0.4 is 10.1 Å². The minimum absolute atomic E-state index is 0.00877. The molecule has 0 fully saturated rings. The molecule has 0 aliphatic heterocycles. The van der Waals surface area contributed by atoms with Crippen LogP contribution in [0.5, 0.6) is 5.75 Å². The molecule has 0 atom stereocenters. The first-order valence-electron chi connectivity index (χ1n) is 9.92. The van der Waals surface area contributed by atoms with E-state index in [-0.39, 0.29) is 16.5 Å². The lowest BCUT2D eigenvalue weighted by Gasteiger charge is -2.22. The number of para-hydroxylation sites is 2. The summed E-state index contributed by atoms with van der Waals surface area (Å²) in [5.74, 6) is -0.0373. The van der Waals surface area contributed by atoms with Crippen LogP contribution in [0.4, 0.5) is 5.69 Å². The van der Waals surface area contributed by atoms with Crippen LogP contribution in [0.1, 0.15) is 12.5 Å². The predicted octanol–water partition coefficient (Wildman–Crippen LogP) is 5.88. The van der Waals surface area contributed by atoms with Gasteiger partial charge >= 0.3 is 0 Å². The molecule has 0 heterocycles.